The van der Waals surface area contributed by atoms with Crippen LogP contribution in [-0.4, -0.2) is 66.6 Å². The highest BCUT2D eigenvalue weighted by Gasteiger charge is 2.42. The van der Waals surface area contributed by atoms with E-state index in [1.165, 1.54) is 12.8 Å². The number of halogens is 1. The van der Waals surface area contributed by atoms with Gasteiger partial charge >= 0.3 is 0 Å². The highest BCUT2D eigenvalue weighted by molar-refractivity contribution is 14.0. The van der Waals surface area contributed by atoms with Crippen molar-refractivity contribution in [2.75, 3.05) is 59.5 Å². The fraction of sp³-hybridized carbons (Fsp3) is 0.682. The van der Waals surface area contributed by atoms with Gasteiger partial charge in [0.2, 0.25) is 0 Å². The molecule has 1 heterocycles. The van der Waals surface area contributed by atoms with Crippen LogP contribution in [0, 0.1) is 5.41 Å². The summed E-state index contributed by atoms with van der Waals surface area (Å²) in [5.41, 5.74) is 1.55. The molecule has 1 aliphatic heterocycles. The van der Waals surface area contributed by atoms with Crippen molar-refractivity contribution >= 4 is 35.6 Å². The minimum atomic E-state index is 0. The molecule has 1 aromatic carbocycles. The van der Waals surface area contributed by atoms with Crippen molar-refractivity contribution in [2.45, 2.75) is 38.1 Å². The van der Waals surface area contributed by atoms with Crippen LogP contribution in [0.2, 0.25) is 0 Å². The number of nitrogens with one attached hydrogen (secondary N) is 2. The van der Waals surface area contributed by atoms with Crippen LogP contribution in [0.3, 0.4) is 0 Å². The summed E-state index contributed by atoms with van der Waals surface area (Å²) in [6, 6.07) is 6.49. The summed E-state index contributed by atoms with van der Waals surface area (Å²) in [7, 11) is 7.00. The van der Waals surface area contributed by atoms with Crippen LogP contribution in [0.1, 0.15) is 32.1 Å². The van der Waals surface area contributed by atoms with Crippen molar-refractivity contribution in [3.05, 3.63) is 18.2 Å². The van der Waals surface area contributed by atoms with E-state index in [4.69, 9.17) is 14.2 Å². The number of ether oxygens (including phenoxy) is 3. The molecule has 7 nitrogen and oxygen atoms in total. The third-order valence-corrected chi connectivity index (χ3v) is 6.19. The Morgan fingerprint density at radius 2 is 1.73 bits per heavy atom. The number of rotatable bonds is 9. The van der Waals surface area contributed by atoms with Gasteiger partial charge in [-0.05, 0) is 37.5 Å². The predicted molar refractivity (Wildman–Crippen MR) is 133 cm³/mol. The van der Waals surface area contributed by atoms with Gasteiger partial charge in [0.05, 0.1) is 14.2 Å². The number of guanidine groups is 1. The van der Waals surface area contributed by atoms with Crippen molar-refractivity contribution in [3.8, 4) is 11.5 Å². The first-order valence-electron chi connectivity index (χ1n) is 10.6. The summed E-state index contributed by atoms with van der Waals surface area (Å²) in [6.45, 7) is 3.78. The Labute approximate surface area is 197 Å². The average Bonchev–Trinajstić information content (AvgIpc) is 3.55. The molecule has 0 aromatic heterocycles. The summed E-state index contributed by atoms with van der Waals surface area (Å²) < 4.78 is 16.1. The van der Waals surface area contributed by atoms with E-state index in [9.17, 15) is 0 Å². The molecule has 2 N–H and O–H groups in total. The Kier molecular flexibility index (Phi) is 9.80. The van der Waals surface area contributed by atoms with Gasteiger partial charge in [-0.1, -0.05) is 0 Å². The fourth-order valence-electron chi connectivity index (χ4n) is 3.93. The first-order chi connectivity index (χ1) is 14.1. The smallest absolute Gasteiger partial charge is 0.191 e. The van der Waals surface area contributed by atoms with E-state index in [2.05, 4.69) is 32.7 Å². The molecule has 0 amide bonds. The first kappa shape index (κ1) is 24.8. The van der Waals surface area contributed by atoms with Crippen molar-refractivity contribution in [1.29, 1.82) is 0 Å². The maximum absolute atomic E-state index is 5.41. The summed E-state index contributed by atoms with van der Waals surface area (Å²) in [5.74, 6) is 2.56. The van der Waals surface area contributed by atoms with Crippen molar-refractivity contribution in [3.63, 3.8) is 0 Å². The predicted octanol–water partition coefficient (Wildman–Crippen LogP) is 3.27. The number of nitrogens with zero attached hydrogens (tertiary/aromatic N) is 2. The Balaban J connectivity index is 0.00000320. The van der Waals surface area contributed by atoms with Crippen LogP contribution in [0.5, 0.6) is 11.5 Å². The zero-order valence-electron chi connectivity index (χ0n) is 18.7. The van der Waals surface area contributed by atoms with E-state index in [0.29, 0.717) is 11.5 Å². The second kappa shape index (κ2) is 11.8. The minimum absolute atomic E-state index is 0. The second-order valence-electron chi connectivity index (χ2n) is 8.15. The van der Waals surface area contributed by atoms with Crippen LogP contribution in [-0.2, 0) is 4.74 Å². The van der Waals surface area contributed by atoms with Gasteiger partial charge in [0.15, 0.2) is 5.96 Å². The van der Waals surface area contributed by atoms with Gasteiger partial charge in [-0.2, -0.15) is 0 Å². The summed E-state index contributed by atoms with van der Waals surface area (Å²) >= 11 is 0. The number of benzene rings is 1. The van der Waals surface area contributed by atoms with E-state index in [1.54, 1.807) is 21.3 Å². The standard InChI is InChI=1S/C22H36N4O3.HI/c1-23-21(24-16-22(7-8-22)9-12-27-2)25-17-5-10-26(11-6-17)18-13-19(28-3)15-20(14-18)29-4;/h13-15,17H,5-12,16H2,1-4H3,(H2,23,24,25);1H. The number of methoxy groups -OCH3 is 3. The van der Waals surface area contributed by atoms with Crippen molar-refractivity contribution in [1.82, 2.24) is 10.6 Å². The molecule has 0 bridgehead atoms. The molecular formula is C22H37IN4O3. The third kappa shape index (κ3) is 6.80. The highest BCUT2D eigenvalue weighted by atomic mass is 127. The minimum Gasteiger partial charge on any atom is -0.497 e. The normalized spacial score (nSPS) is 18.4. The Hall–Kier alpha value is -1.42. The molecule has 30 heavy (non-hydrogen) atoms. The maximum Gasteiger partial charge on any atom is 0.191 e. The second-order valence-corrected chi connectivity index (χ2v) is 8.15. The van der Waals surface area contributed by atoms with Gasteiger partial charge in [0.25, 0.3) is 0 Å². The van der Waals surface area contributed by atoms with Crippen molar-refractivity contribution < 1.29 is 14.2 Å². The molecule has 3 rings (SSSR count). The van der Waals surface area contributed by atoms with Crippen LogP contribution in [0.25, 0.3) is 0 Å². The lowest BCUT2D eigenvalue weighted by atomic mass is 10.0. The molecule has 0 radical (unpaired) electrons. The molecule has 1 aliphatic carbocycles. The van der Waals surface area contributed by atoms with Gasteiger partial charge in [-0.3, -0.25) is 4.99 Å². The molecule has 0 atom stereocenters. The number of hydrogen-bond acceptors (Lipinski definition) is 5. The molecule has 2 fully saturated rings. The Bertz CT molecular complexity index is 667. The number of anilines is 1. The lowest BCUT2D eigenvalue weighted by Crippen LogP contribution is -2.49. The molecule has 1 saturated carbocycles. The molecule has 8 heteroatoms. The molecule has 1 aromatic rings. The van der Waals surface area contributed by atoms with E-state index < -0.39 is 0 Å². The van der Waals surface area contributed by atoms with Gasteiger partial charge in [0, 0.05) is 70.3 Å². The van der Waals surface area contributed by atoms with Gasteiger partial charge in [-0.15, -0.1) is 24.0 Å². The monoisotopic (exact) mass is 532 g/mol. The summed E-state index contributed by atoms with van der Waals surface area (Å²) in [5, 5.41) is 7.15. The fourth-order valence-corrected chi connectivity index (χ4v) is 3.93. The van der Waals surface area contributed by atoms with E-state index >= 15 is 0 Å². The summed E-state index contributed by atoms with van der Waals surface area (Å²) in [6.07, 6.45) is 5.81. The largest absolute Gasteiger partial charge is 0.497 e. The van der Waals surface area contributed by atoms with Gasteiger partial charge < -0.3 is 29.7 Å². The maximum atomic E-state index is 5.41. The quantitative estimate of drug-likeness (QED) is 0.289. The lowest BCUT2D eigenvalue weighted by Gasteiger charge is -2.35. The van der Waals surface area contributed by atoms with Crippen molar-refractivity contribution in [2.24, 2.45) is 10.4 Å². The van der Waals surface area contributed by atoms with Gasteiger partial charge in [0.1, 0.15) is 11.5 Å². The average molecular weight is 532 g/mol. The number of hydrogen-bond donors (Lipinski definition) is 2. The zero-order valence-corrected chi connectivity index (χ0v) is 21.0. The Morgan fingerprint density at radius 3 is 2.23 bits per heavy atom. The van der Waals surface area contributed by atoms with E-state index in [-0.39, 0.29) is 24.0 Å². The first-order valence-corrected chi connectivity index (χ1v) is 10.6. The van der Waals surface area contributed by atoms with Crippen LogP contribution in [0.4, 0.5) is 5.69 Å². The van der Waals surface area contributed by atoms with E-state index in [1.807, 2.05) is 13.1 Å². The van der Waals surface area contributed by atoms with E-state index in [0.717, 1.165) is 68.6 Å². The molecular weight excluding hydrogens is 495 g/mol. The zero-order chi connectivity index (χ0) is 20.7. The lowest BCUT2D eigenvalue weighted by molar-refractivity contribution is 0.172. The molecule has 0 spiro atoms. The highest BCUT2D eigenvalue weighted by Crippen LogP contribution is 2.48. The van der Waals surface area contributed by atoms with Crippen LogP contribution in [0.15, 0.2) is 23.2 Å². The molecule has 2 aliphatic rings. The number of piperidine rings is 1. The van der Waals surface area contributed by atoms with Crippen LogP contribution < -0.4 is 25.0 Å². The summed E-state index contributed by atoms with van der Waals surface area (Å²) in [4.78, 5) is 6.82. The van der Waals surface area contributed by atoms with Gasteiger partial charge in [-0.25, -0.2) is 0 Å². The van der Waals surface area contributed by atoms with Crippen LogP contribution >= 0.6 is 24.0 Å². The molecule has 1 saturated heterocycles. The SMILES string of the molecule is CN=C(NCC1(CCOC)CC1)NC1CCN(c2cc(OC)cc(OC)c2)CC1.I. The third-order valence-electron chi connectivity index (χ3n) is 6.19. The number of aliphatic imine (C=N–C) groups is 1. The molecule has 170 valence electrons. The Morgan fingerprint density at radius 1 is 1.10 bits per heavy atom. The molecule has 0 unspecified atom stereocenters. The topological polar surface area (TPSA) is 67.4 Å².